The van der Waals surface area contributed by atoms with Crippen LogP contribution in [0, 0.1) is 0 Å². The van der Waals surface area contributed by atoms with E-state index >= 15 is 0 Å². The summed E-state index contributed by atoms with van der Waals surface area (Å²) in [6, 6.07) is 8.15. The topological polar surface area (TPSA) is 58.4 Å². The van der Waals surface area contributed by atoms with Crippen LogP contribution in [-0.4, -0.2) is 18.0 Å². The van der Waals surface area contributed by atoms with Crippen molar-refractivity contribution in [2.75, 3.05) is 11.6 Å². The molecule has 1 amide bonds. The van der Waals surface area contributed by atoms with Crippen LogP contribution in [0.5, 0.6) is 0 Å². The summed E-state index contributed by atoms with van der Waals surface area (Å²) in [4.78, 5) is 11.2. The van der Waals surface area contributed by atoms with Gasteiger partial charge in [-0.1, -0.05) is 12.1 Å². The second-order valence-electron chi connectivity index (χ2n) is 5.27. The van der Waals surface area contributed by atoms with E-state index < -0.39 is 0 Å². The third kappa shape index (κ3) is 3.20. The van der Waals surface area contributed by atoms with Gasteiger partial charge in [0.15, 0.2) is 0 Å². The molecule has 1 aliphatic heterocycles. The molecular weight excluding hydrogens is 214 g/mol. The Hall–Kier alpha value is -1.55. The maximum Gasteiger partial charge on any atom is 0.240 e. The lowest BCUT2D eigenvalue weighted by Gasteiger charge is -2.21. The summed E-state index contributed by atoms with van der Waals surface area (Å²) >= 11 is 0. The average molecular weight is 233 g/mol. The predicted octanol–water partition coefficient (Wildman–Crippen LogP) is 1.21. The summed E-state index contributed by atoms with van der Waals surface area (Å²) in [5, 5.41) is 1.88. The van der Waals surface area contributed by atoms with Crippen LogP contribution in [0.25, 0.3) is 0 Å². The molecule has 17 heavy (non-hydrogen) atoms. The number of amides is 1. The molecule has 0 bridgehead atoms. The number of hydrogen-bond donors (Lipinski definition) is 2. The molecule has 0 aliphatic carbocycles. The highest BCUT2D eigenvalue weighted by atomic mass is 16.2. The second-order valence-corrected chi connectivity index (χ2v) is 5.27. The summed E-state index contributed by atoms with van der Waals surface area (Å²) in [7, 11) is 0. The summed E-state index contributed by atoms with van der Waals surface area (Å²) in [5.74, 6) is 0.0783. The van der Waals surface area contributed by atoms with Crippen molar-refractivity contribution in [1.29, 1.82) is 0 Å². The van der Waals surface area contributed by atoms with Crippen LogP contribution in [0.2, 0.25) is 0 Å². The number of carbonyl (C=O) groups excluding carboxylic acids is 1. The zero-order chi connectivity index (χ0) is 12.5. The summed E-state index contributed by atoms with van der Waals surface area (Å²) in [5.41, 5.74) is 10.8. The Bertz CT molecular complexity index is 423. The molecule has 1 heterocycles. The van der Waals surface area contributed by atoms with E-state index in [1.54, 1.807) is 0 Å². The van der Waals surface area contributed by atoms with Gasteiger partial charge in [-0.3, -0.25) is 15.2 Å². The maximum atomic E-state index is 11.2. The number of hydrazine groups is 1. The number of rotatable bonds is 3. The maximum absolute atomic E-state index is 11.2. The van der Waals surface area contributed by atoms with E-state index in [0.29, 0.717) is 6.42 Å². The van der Waals surface area contributed by atoms with Crippen LogP contribution >= 0.6 is 0 Å². The van der Waals surface area contributed by atoms with Crippen molar-refractivity contribution in [1.82, 2.24) is 5.43 Å². The Morgan fingerprint density at radius 3 is 2.82 bits per heavy atom. The zero-order valence-electron chi connectivity index (χ0n) is 10.4. The van der Waals surface area contributed by atoms with Crippen molar-refractivity contribution >= 4 is 11.6 Å². The number of carbonyl (C=O) groups is 1. The minimum Gasteiger partial charge on any atom is -0.325 e. The minimum absolute atomic E-state index is 0.0783. The molecule has 4 heteroatoms. The first-order chi connectivity index (χ1) is 7.94. The van der Waals surface area contributed by atoms with E-state index in [1.807, 2.05) is 31.0 Å². The van der Waals surface area contributed by atoms with Gasteiger partial charge in [0.2, 0.25) is 5.91 Å². The highest BCUT2D eigenvalue weighted by Crippen LogP contribution is 2.19. The summed E-state index contributed by atoms with van der Waals surface area (Å²) in [6.07, 6.45) is 1.38. The number of benzene rings is 1. The Kier molecular flexibility index (Phi) is 3.07. The number of nitrogens with two attached hydrogens (primary N) is 1. The van der Waals surface area contributed by atoms with Gasteiger partial charge >= 0.3 is 0 Å². The normalized spacial score (nSPS) is 16.2. The SMILES string of the molecule is CC(C)(N)Cc1cccc(N2CCC(=O)N2)c1. The minimum atomic E-state index is -0.215. The van der Waals surface area contributed by atoms with Gasteiger partial charge in [0.25, 0.3) is 0 Å². The number of nitrogens with zero attached hydrogens (tertiary/aromatic N) is 1. The lowest BCUT2D eigenvalue weighted by atomic mass is 9.96. The van der Waals surface area contributed by atoms with Gasteiger partial charge in [-0.15, -0.1) is 0 Å². The zero-order valence-corrected chi connectivity index (χ0v) is 10.4. The van der Waals surface area contributed by atoms with Crippen LogP contribution in [0.15, 0.2) is 24.3 Å². The van der Waals surface area contributed by atoms with Gasteiger partial charge in [-0.2, -0.15) is 0 Å². The number of anilines is 1. The van der Waals surface area contributed by atoms with E-state index in [0.717, 1.165) is 18.7 Å². The molecule has 2 rings (SSSR count). The smallest absolute Gasteiger partial charge is 0.240 e. The Morgan fingerprint density at radius 2 is 2.24 bits per heavy atom. The van der Waals surface area contributed by atoms with Crippen LogP contribution in [0.4, 0.5) is 5.69 Å². The van der Waals surface area contributed by atoms with Gasteiger partial charge in [0.05, 0.1) is 5.69 Å². The lowest BCUT2D eigenvalue weighted by Crippen LogP contribution is -2.35. The Labute approximate surface area is 102 Å². The molecule has 0 aromatic heterocycles. The number of hydrogen-bond acceptors (Lipinski definition) is 3. The van der Waals surface area contributed by atoms with Crippen molar-refractivity contribution in [2.45, 2.75) is 32.2 Å². The van der Waals surface area contributed by atoms with Crippen molar-refractivity contribution in [3.63, 3.8) is 0 Å². The molecule has 1 aromatic carbocycles. The van der Waals surface area contributed by atoms with E-state index in [4.69, 9.17) is 5.73 Å². The fraction of sp³-hybridized carbons (Fsp3) is 0.462. The first-order valence-electron chi connectivity index (χ1n) is 5.89. The van der Waals surface area contributed by atoms with Crippen LogP contribution < -0.4 is 16.2 Å². The third-order valence-electron chi connectivity index (χ3n) is 2.70. The Morgan fingerprint density at radius 1 is 1.47 bits per heavy atom. The molecule has 0 atom stereocenters. The van der Waals surface area contributed by atoms with Crippen LogP contribution in [0.1, 0.15) is 25.8 Å². The molecule has 0 saturated carbocycles. The van der Waals surface area contributed by atoms with E-state index in [1.165, 1.54) is 5.56 Å². The monoisotopic (exact) mass is 233 g/mol. The predicted molar refractivity (Wildman–Crippen MR) is 68.5 cm³/mol. The van der Waals surface area contributed by atoms with Crippen molar-refractivity contribution in [3.05, 3.63) is 29.8 Å². The molecular formula is C13H19N3O. The van der Waals surface area contributed by atoms with Gasteiger partial charge in [-0.25, -0.2) is 0 Å². The summed E-state index contributed by atoms with van der Waals surface area (Å²) in [6.45, 7) is 4.75. The molecule has 0 spiro atoms. The number of nitrogens with one attached hydrogen (secondary N) is 1. The van der Waals surface area contributed by atoms with Crippen molar-refractivity contribution in [3.8, 4) is 0 Å². The van der Waals surface area contributed by atoms with E-state index in [-0.39, 0.29) is 11.4 Å². The fourth-order valence-electron chi connectivity index (χ4n) is 2.03. The van der Waals surface area contributed by atoms with E-state index in [9.17, 15) is 4.79 Å². The average Bonchev–Trinajstić information content (AvgIpc) is 2.63. The van der Waals surface area contributed by atoms with Crippen LogP contribution in [-0.2, 0) is 11.2 Å². The Balaban J connectivity index is 2.14. The standard InChI is InChI=1S/C13H19N3O/c1-13(2,14)9-10-4-3-5-11(8-10)16-7-6-12(17)15-16/h3-5,8H,6-7,9,14H2,1-2H3,(H,15,17). The molecule has 1 aromatic rings. The highest BCUT2D eigenvalue weighted by molar-refractivity contribution is 5.81. The highest BCUT2D eigenvalue weighted by Gasteiger charge is 2.19. The molecule has 0 radical (unpaired) electrons. The second kappa shape index (κ2) is 4.37. The van der Waals surface area contributed by atoms with Crippen molar-refractivity contribution < 1.29 is 4.79 Å². The van der Waals surface area contributed by atoms with Crippen LogP contribution in [0.3, 0.4) is 0 Å². The van der Waals surface area contributed by atoms with Gasteiger partial charge in [0, 0.05) is 18.5 Å². The lowest BCUT2D eigenvalue weighted by molar-refractivity contribution is -0.119. The molecule has 3 N–H and O–H groups in total. The molecule has 92 valence electrons. The molecule has 4 nitrogen and oxygen atoms in total. The third-order valence-corrected chi connectivity index (χ3v) is 2.70. The van der Waals surface area contributed by atoms with Crippen molar-refractivity contribution in [2.24, 2.45) is 5.73 Å². The molecule has 1 fully saturated rings. The molecule has 1 saturated heterocycles. The first-order valence-corrected chi connectivity index (χ1v) is 5.89. The van der Waals surface area contributed by atoms with Gasteiger partial charge in [-0.05, 0) is 38.0 Å². The summed E-state index contributed by atoms with van der Waals surface area (Å²) < 4.78 is 0. The fourth-order valence-corrected chi connectivity index (χ4v) is 2.03. The molecule has 1 aliphatic rings. The van der Waals surface area contributed by atoms with Gasteiger partial charge in [0.1, 0.15) is 0 Å². The molecule has 0 unspecified atom stereocenters. The first kappa shape index (κ1) is 11.9. The van der Waals surface area contributed by atoms with E-state index in [2.05, 4.69) is 17.6 Å². The van der Waals surface area contributed by atoms with Gasteiger partial charge < -0.3 is 5.73 Å². The quantitative estimate of drug-likeness (QED) is 0.825. The largest absolute Gasteiger partial charge is 0.325 e.